The van der Waals surface area contributed by atoms with Crippen LogP contribution in [0, 0.1) is 0 Å². The number of aromatic nitrogens is 2. The lowest BCUT2D eigenvalue weighted by atomic mass is 9.96. The summed E-state index contributed by atoms with van der Waals surface area (Å²) in [4.78, 5) is 19.9. The number of amides is 1. The number of rotatable bonds is 3. The molecule has 0 unspecified atom stereocenters. The Morgan fingerprint density at radius 1 is 1.35 bits per heavy atom. The lowest BCUT2D eigenvalue weighted by Gasteiger charge is -2.33. The van der Waals surface area contributed by atoms with Gasteiger partial charge in [-0.1, -0.05) is 17.7 Å². The van der Waals surface area contributed by atoms with Gasteiger partial charge in [0.1, 0.15) is 5.52 Å². The number of carbonyl (C=O) groups excluding carboxylic acids is 1. The number of hydrogen-bond donors (Lipinski definition) is 3. The van der Waals surface area contributed by atoms with Gasteiger partial charge in [0.05, 0.1) is 10.5 Å². The number of carbonyl (C=O) groups is 1. The van der Waals surface area contributed by atoms with Crippen molar-refractivity contribution in [1.82, 2.24) is 15.3 Å². The van der Waals surface area contributed by atoms with Crippen molar-refractivity contribution in [2.24, 2.45) is 0 Å². The Morgan fingerprint density at radius 3 is 2.65 bits per heavy atom. The van der Waals surface area contributed by atoms with Gasteiger partial charge in [-0.05, 0) is 38.1 Å². The summed E-state index contributed by atoms with van der Waals surface area (Å²) >= 11 is 6.06. The monoisotopic (exact) mass is 356 g/mol. The van der Waals surface area contributed by atoms with Gasteiger partial charge in [0, 0.05) is 6.26 Å². The first kappa shape index (κ1) is 16.2. The summed E-state index contributed by atoms with van der Waals surface area (Å²) in [7, 11) is -3.56. The molecule has 0 aliphatic carbocycles. The van der Waals surface area contributed by atoms with E-state index in [0.717, 1.165) is 6.26 Å². The van der Waals surface area contributed by atoms with E-state index in [0.29, 0.717) is 29.1 Å². The second-order valence-electron chi connectivity index (χ2n) is 5.69. The van der Waals surface area contributed by atoms with Crippen molar-refractivity contribution in [3.8, 4) is 0 Å². The number of fused-ring (bicyclic) bond motifs is 1. The molecule has 0 spiro atoms. The quantitative estimate of drug-likeness (QED) is 0.769. The maximum atomic E-state index is 12.7. The standard InChI is InChI=1S/C14H17ClN4O3S/c1-23(21,22)14(5-7-16-8-6-14)12(20)19-13-17-10-4-2-3-9(15)11(10)18-13/h2-4,16H,5-8H2,1H3,(H2,17,18,19,20). The maximum absolute atomic E-state index is 12.7. The molecule has 1 aromatic carbocycles. The third-order valence-electron chi connectivity index (χ3n) is 4.23. The van der Waals surface area contributed by atoms with Gasteiger partial charge in [-0.2, -0.15) is 0 Å². The maximum Gasteiger partial charge on any atom is 0.248 e. The number of halogens is 1. The minimum absolute atomic E-state index is 0.194. The molecule has 1 aliphatic rings. The number of nitrogens with one attached hydrogen (secondary N) is 3. The molecule has 2 heterocycles. The molecule has 1 amide bonds. The van der Waals surface area contributed by atoms with Crippen molar-refractivity contribution in [2.45, 2.75) is 17.6 Å². The Kier molecular flexibility index (Phi) is 4.07. The van der Waals surface area contributed by atoms with Crippen LogP contribution in [0.15, 0.2) is 18.2 Å². The van der Waals surface area contributed by atoms with Gasteiger partial charge in [-0.25, -0.2) is 13.4 Å². The third-order valence-corrected chi connectivity index (χ3v) is 6.55. The SMILES string of the molecule is CS(=O)(=O)C1(C(=O)Nc2nc3c(Cl)cccc3[nH]2)CCNCC1. The summed E-state index contributed by atoms with van der Waals surface area (Å²) in [6.07, 6.45) is 1.57. The van der Waals surface area contributed by atoms with E-state index in [2.05, 4.69) is 20.6 Å². The molecule has 124 valence electrons. The number of hydrogen-bond acceptors (Lipinski definition) is 5. The van der Waals surface area contributed by atoms with Gasteiger partial charge in [-0.3, -0.25) is 10.1 Å². The van der Waals surface area contributed by atoms with Crippen LogP contribution in [0.4, 0.5) is 5.95 Å². The average molecular weight is 357 g/mol. The first-order valence-electron chi connectivity index (χ1n) is 7.19. The predicted octanol–water partition coefficient (Wildman–Crippen LogP) is 1.32. The summed E-state index contributed by atoms with van der Waals surface area (Å²) in [5, 5.41) is 6.14. The first-order valence-corrected chi connectivity index (χ1v) is 9.46. The van der Waals surface area contributed by atoms with Crippen molar-refractivity contribution >= 4 is 44.3 Å². The highest BCUT2D eigenvalue weighted by molar-refractivity contribution is 7.92. The summed E-state index contributed by atoms with van der Waals surface area (Å²) in [6.45, 7) is 0.957. The molecule has 1 aromatic heterocycles. The highest BCUT2D eigenvalue weighted by Gasteiger charge is 2.48. The van der Waals surface area contributed by atoms with Crippen LogP contribution in [0.2, 0.25) is 5.02 Å². The van der Waals surface area contributed by atoms with Crippen LogP contribution >= 0.6 is 11.6 Å². The van der Waals surface area contributed by atoms with Crippen molar-refractivity contribution < 1.29 is 13.2 Å². The van der Waals surface area contributed by atoms with E-state index in [4.69, 9.17) is 11.6 Å². The van der Waals surface area contributed by atoms with Crippen LogP contribution in [-0.4, -0.2) is 48.4 Å². The highest BCUT2D eigenvalue weighted by Crippen LogP contribution is 2.30. The molecule has 0 atom stereocenters. The molecular weight excluding hydrogens is 340 g/mol. The molecule has 3 rings (SSSR count). The van der Waals surface area contributed by atoms with Crippen LogP contribution < -0.4 is 10.6 Å². The third kappa shape index (κ3) is 2.82. The number of anilines is 1. The number of H-pyrrole nitrogens is 1. The number of aromatic amines is 1. The van der Waals surface area contributed by atoms with Gasteiger partial charge >= 0.3 is 0 Å². The molecule has 7 nitrogen and oxygen atoms in total. The Balaban J connectivity index is 1.93. The smallest absolute Gasteiger partial charge is 0.248 e. The second-order valence-corrected chi connectivity index (χ2v) is 8.42. The Hall–Kier alpha value is -1.64. The molecule has 0 bridgehead atoms. The van der Waals surface area contributed by atoms with Gasteiger partial charge in [0.15, 0.2) is 14.6 Å². The topological polar surface area (TPSA) is 104 Å². The minimum Gasteiger partial charge on any atom is -0.324 e. The number of nitrogens with zero attached hydrogens (tertiary/aromatic N) is 1. The van der Waals surface area contributed by atoms with Crippen LogP contribution in [-0.2, 0) is 14.6 Å². The Morgan fingerprint density at radius 2 is 2.04 bits per heavy atom. The number of para-hydroxylation sites is 1. The van der Waals surface area contributed by atoms with Crippen LogP contribution in [0.5, 0.6) is 0 Å². The lowest BCUT2D eigenvalue weighted by molar-refractivity contribution is -0.119. The summed E-state index contributed by atoms with van der Waals surface area (Å²) < 4.78 is 23.0. The molecule has 0 radical (unpaired) electrons. The van der Waals surface area contributed by atoms with Crippen LogP contribution in [0.1, 0.15) is 12.8 Å². The predicted molar refractivity (Wildman–Crippen MR) is 89.4 cm³/mol. The zero-order valence-electron chi connectivity index (χ0n) is 12.5. The van der Waals surface area contributed by atoms with E-state index in [1.54, 1.807) is 18.2 Å². The fourth-order valence-electron chi connectivity index (χ4n) is 2.87. The summed E-state index contributed by atoms with van der Waals surface area (Å²) in [6, 6.07) is 5.24. The Bertz CT molecular complexity index is 856. The molecular formula is C14H17ClN4O3S. The molecule has 23 heavy (non-hydrogen) atoms. The molecule has 1 saturated heterocycles. The van der Waals surface area contributed by atoms with E-state index in [1.165, 1.54) is 0 Å². The van der Waals surface area contributed by atoms with Gasteiger partial charge in [-0.15, -0.1) is 0 Å². The van der Waals surface area contributed by atoms with Crippen LogP contribution in [0.25, 0.3) is 11.0 Å². The summed E-state index contributed by atoms with van der Waals surface area (Å²) in [5.41, 5.74) is 1.20. The average Bonchev–Trinajstić information content (AvgIpc) is 2.91. The van der Waals surface area contributed by atoms with Gasteiger partial charge < -0.3 is 10.3 Å². The molecule has 2 aromatic rings. The molecule has 0 saturated carbocycles. The second kappa shape index (κ2) is 5.77. The van der Waals surface area contributed by atoms with Crippen molar-refractivity contribution in [1.29, 1.82) is 0 Å². The zero-order valence-corrected chi connectivity index (χ0v) is 14.1. The fraction of sp³-hybridized carbons (Fsp3) is 0.429. The van der Waals surface area contributed by atoms with E-state index in [9.17, 15) is 13.2 Å². The van der Waals surface area contributed by atoms with E-state index in [-0.39, 0.29) is 18.8 Å². The number of sulfone groups is 1. The minimum atomic E-state index is -3.56. The largest absolute Gasteiger partial charge is 0.324 e. The molecule has 3 N–H and O–H groups in total. The molecule has 1 fully saturated rings. The summed E-state index contributed by atoms with van der Waals surface area (Å²) in [5.74, 6) is -0.365. The van der Waals surface area contributed by atoms with E-state index >= 15 is 0 Å². The van der Waals surface area contributed by atoms with Gasteiger partial charge in [0.25, 0.3) is 0 Å². The number of piperidine rings is 1. The normalized spacial score (nSPS) is 18.0. The van der Waals surface area contributed by atoms with Crippen molar-refractivity contribution in [2.75, 3.05) is 24.7 Å². The lowest BCUT2D eigenvalue weighted by Crippen LogP contribution is -2.55. The van der Waals surface area contributed by atoms with Crippen LogP contribution in [0.3, 0.4) is 0 Å². The van der Waals surface area contributed by atoms with Crippen molar-refractivity contribution in [3.63, 3.8) is 0 Å². The first-order chi connectivity index (χ1) is 10.8. The van der Waals surface area contributed by atoms with Gasteiger partial charge in [0.2, 0.25) is 11.9 Å². The van der Waals surface area contributed by atoms with Crippen molar-refractivity contribution in [3.05, 3.63) is 23.2 Å². The van der Waals surface area contributed by atoms with E-state index in [1.807, 2.05) is 0 Å². The highest BCUT2D eigenvalue weighted by atomic mass is 35.5. The number of imidazole rings is 1. The molecule has 9 heteroatoms. The fourth-order valence-corrected chi connectivity index (χ4v) is 4.42. The number of benzene rings is 1. The Labute approximate surface area is 138 Å². The van der Waals surface area contributed by atoms with E-state index < -0.39 is 20.5 Å². The zero-order chi connectivity index (χ0) is 16.7. The molecule has 1 aliphatic heterocycles.